The van der Waals surface area contributed by atoms with Crippen LogP contribution in [0.4, 0.5) is 0 Å². The van der Waals surface area contributed by atoms with Crippen molar-refractivity contribution >= 4 is 0 Å². The molecular weight excluding hydrogens is 286 g/mol. The summed E-state index contributed by atoms with van der Waals surface area (Å²) in [7, 11) is 0. The molecule has 1 aliphatic rings. The molecule has 1 fully saturated rings. The Morgan fingerprint density at radius 3 is 2.81 bits per heavy atom. The Hall–Kier alpha value is -2.33. The van der Waals surface area contributed by atoms with E-state index in [9.17, 15) is 25.0 Å². The fraction of sp³-hybridized carbons (Fsp3) is 0.600. The van der Waals surface area contributed by atoms with E-state index < -0.39 is 41.8 Å². The van der Waals surface area contributed by atoms with Crippen molar-refractivity contribution in [2.45, 2.75) is 30.9 Å². The van der Waals surface area contributed by atoms with Crippen LogP contribution in [-0.4, -0.2) is 49.1 Å². The van der Waals surface area contributed by atoms with Gasteiger partial charge in [0.1, 0.15) is 11.7 Å². The molecular formula is C10H13N5O6. The van der Waals surface area contributed by atoms with E-state index in [4.69, 9.17) is 10.3 Å². The molecule has 0 radical (unpaired) electrons. The fourth-order valence-corrected chi connectivity index (χ4v) is 2.21. The van der Waals surface area contributed by atoms with Gasteiger partial charge in [-0.2, -0.15) is 0 Å². The first-order valence-electron chi connectivity index (χ1n) is 5.90. The number of aliphatic hydroxyl groups is 2. The second-order valence-electron chi connectivity index (χ2n) is 4.78. The number of nitrogens with zero attached hydrogens (tertiary/aromatic N) is 5. The van der Waals surface area contributed by atoms with Crippen LogP contribution >= 0.6 is 0 Å². The Morgan fingerprint density at radius 2 is 2.24 bits per heavy atom. The number of azide groups is 1. The van der Waals surface area contributed by atoms with Crippen LogP contribution in [0.25, 0.3) is 10.4 Å². The maximum absolute atomic E-state index is 11.8. The fourth-order valence-electron chi connectivity index (χ4n) is 2.21. The third-order valence-corrected chi connectivity index (χ3v) is 3.38. The summed E-state index contributed by atoms with van der Waals surface area (Å²) in [5, 5.41) is 32.2. The summed E-state index contributed by atoms with van der Waals surface area (Å²) >= 11 is 0. The van der Waals surface area contributed by atoms with Crippen LogP contribution in [0.15, 0.2) is 27.0 Å². The Bertz CT molecular complexity index is 707. The molecule has 0 saturated carbocycles. The molecule has 0 spiro atoms. The number of ether oxygens (including phenoxy) is 1. The highest BCUT2D eigenvalue weighted by atomic mass is 16.6. The van der Waals surface area contributed by atoms with Crippen LogP contribution in [0.1, 0.15) is 13.2 Å². The van der Waals surface area contributed by atoms with Gasteiger partial charge in [-0.3, -0.25) is 9.36 Å². The Balaban J connectivity index is 2.52. The minimum Gasteiger partial charge on any atom is -0.421 e. The van der Waals surface area contributed by atoms with Gasteiger partial charge in [-0.25, -0.2) is 4.79 Å². The van der Waals surface area contributed by atoms with Crippen LogP contribution in [-0.2, 0) is 4.74 Å². The lowest BCUT2D eigenvalue weighted by molar-refractivity contribution is -0.105. The van der Waals surface area contributed by atoms with E-state index >= 15 is 0 Å². The maximum Gasteiger partial charge on any atom is 0.366 e. The van der Waals surface area contributed by atoms with E-state index in [1.807, 2.05) is 0 Å². The van der Waals surface area contributed by atoms with Gasteiger partial charge >= 0.3 is 5.69 Å². The molecule has 4 atom stereocenters. The predicted molar refractivity (Wildman–Crippen MR) is 66.7 cm³/mol. The predicted octanol–water partition coefficient (Wildman–Crippen LogP) is -1.43. The third kappa shape index (κ3) is 2.28. The van der Waals surface area contributed by atoms with Crippen molar-refractivity contribution < 1.29 is 20.2 Å². The zero-order chi connectivity index (χ0) is 15.8. The summed E-state index contributed by atoms with van der Waals surface area (Å²) in [6, 6.07) is -0.252. The van der Waals surface area contributed by atoms with Gasteiger partial charge in [0.2, 0.25) is 0 Å². The number of rotatable bonds is 3. The molecule has 2 heterocycles. The van der Waals surface area contributed by atoms with Gasteiger partial charge < -0.3 is 20.2 Å². The van der Waals surface area contributed by atoms with Gasteiger partial charge in [0.25, 0.3) is 5.56 Å². The van der Waals surface area contributed by atoms with Crippen molar-refractivity contribution in [3.63, 3.8) is 0 Å². The Labute approximate surface area is 116 Å². The van der Waals surface area contributed by atoms with Gasteiger partial charge in [0.05, 0.1) is 12.6 Å². The van der Waals surface area contributed by atoms with Gasteiger partial charge in [-0.05, 0) is 12.5 Å². The van der Waals surface area contributed by atoms with E-state index in [0.29, 0.717) is 0 Å². The van der Waals surface area contributed by atoms with Crippen molar-refractivity contribution in [3.05, 3.63) is 43.5 Å². The normalized spacial score (nSPS) is 31.9. The maximum atomic E-state index is 11.8. The quantitative estimate of drug-likeness (QED) is 0.268. The highest BCUT2D eigenvalue weighted by Gasteiger charge is 2.52. The molecule has 1 aliphatic heterocycles. The summed E-state index contributed by atoms with van der Waals surface area (Å²) in [5.74, 6) is 0. The van der Waals surface area contributed by atoms with Crippen molar-refractivity contribution in [2.75, 3.05) is 6.61 Å². The summed E-state index contributed by atoms with van der Waals surface area (Å²) in [5.41, 5.74) is 5.03. The average Bonchev–Trinajstić information content (AvgIpc) is 2.71. The van der Waals surface area contributed by atoms with E-state index in [-0.39, 0.29) is 4.73 Å². The molecule has 21 heavy (non-hydrogen) atoms. The molecule has 2 unspecified atom stereocenters. The first-order valence-corrected chi connectivity index (χ1v) is 5.90. The molecule has 1 aromatic rings. The standard InChI is InChI=1S/C10H13N5O6/c1-10(4-16)7(12-13-11)6(18)8(21-10)14-3-2-5(17)15(20)9(14)19/h2-3,6-8,16,18,20H,4H2,1H3/t6?,7?,8-,10-/m0/s1. The molecule has 0 aliphatic carbocycles. The van der Waals surface area contributed by atoms with Gasteiger partial charge in [-0.1, -0.05) is 9.84 Å². The minimum atomic E-state index is -1.45. The van der Waals surface area contributed by atoms with E-state index in [1.54, 1.807) is 0 Å². The number of aliphatic hydroxyl groups excluding tert-OH is 2. The molecule has 11 nitrogen and oxygen atoms in total. The van der Waals surface area contributed by atoms with E-state index in [0.717, 1.165) is 16.8 Å². The van der Waals surface area contributed by atoms with Crippen LogP contribution in [0, 0.1) is 0 Å². The molecule has 0 aromatic carbocycles. The zero-order valence-electron chi connectivity index (χ0n) is 10.9. The van der Waals surface area contributed by atoms with Crippen molar-refractivity contribution in [1.29, 1.82) is 0 Å². The van der Waals surface area contributed by atoms with Crippen molar-refractivity contribution in [3.8, 4) is 0 Å². The highest BCUT2D eigenvalue weighted by molar-refractivity contribution is 5.03. The molecule has 2 rings (SSSR count). The van der Waals surface area contributed by atoms with Gasteiger partial charge in [0, 0.05) is 17.2 Å². The molecule has 3 N–H and O–H groups in total. The van der Waals surface area contributed by atoms with Crippen molar-refractivity contribution in [2.24, 2.45) is 5.11 Å². The molecule has 1 aromatic heterocycles. The summed E-state index contributed by atoms with van der Waals surface area (Å²) < 4.78 is 6.03. The lowest BCUT2D eigenvalue weighted by Gasteiger charge is -2.25. The highest BCUT2D eigenvalue weighted by Crippen LogP contribution is 2.38. The summed E-state index contributed by atoms with van der Waals surface area (Å²) in [6.45, 7) is 0.827. The molecule has 0 amide bonds. The van der Waals surface area contributed by atoms with Gasteiger partial charge in [-0.15, -0.1) is 0 Å². The smallest absolute Gasteiger partial charge is 0.366 e. The second kappa shape index (κ2) is 5.22. The summed E-state index contributed by atoms with van der Waals surface area (Å²) in [4.78, 5) is 25.5. The number of aromatic nitrogens is 2. The van der Waals surface area contributed by atoms with E-state index in [1.165, 1.54) is 6.92 Å². The second-order valence-corrected chi connectivity index (χ2v) is 4.78. The Morgan fingerprint density at radius 1 is 1.57 bits per heavy atom. The summed E-state index contributed by atoms with van der Waals surface area (Å²) in [6.07, 6.45) is -1.75. The number of hydrogen-bond donors (Lipinski definition) is 3. The molecule has 1 saturated heterocycles. The van der Waals surface area contributed by atoms with Crippen LogP contribution < -0.4 is 11.2 Å². The first kappa shape index (κ1) is 15.1. The molecule has 114 valence electrons. The average molecular weight is 299 g/mol. The van der Waals surface area contributed by atoms with E-state index in [2.05, 4.69) is 10.0 Å². The minimum absolute atomic E-state index is 0.146. The first-order chi connectivity index (χ1) is 9.85. The van der Waals surface area contributed by atoms with Crippen LogP contribution in [0.5, 0.6) is 0 Å². The van der Waals surface area contributed by atoms with Crippen LogP contribution in [0.3, 0.4) is 0 Å². The SMILES string of the molecule is C[C@@]1(CO)O[C@H](n2ccc(=O)n(O)c2=O)C(O)C1N=[N+]=[N-]. The van der Waals surface area contributed by atoms with Crippen LogP contribution in [0.2, 0.25) is 0 Å². The van der Waals surface area contributed by atoms with Crippen molar-refractivity contribution in [1.82, 2.24) is 9.30 Å². The lowest BCUT2D eigenvalue weighted by atomic mass is 9.96. The number of hydrogen-bond acceptors (Lipinski definition) is 7. The zero-order valence-corrected chi connectivity index (χ0v) is 10.9. The topological polar surface area (TPSA) is 163 Å². The molecule has 0 bridgehead atoms. The Kier molecular flexibility index (Phi) is 3.75. The van der Waals surface area contributed by atoms with Gasteiger partial charge in [0.15, 0.2) is 6.23 Å². The lowest BCUT2D eigenvalue weighted by Crippen LogP contribution is -2.42. The monoisotopic (exact) mass is 299 g/mol. The third-order valence-electron chi connectivity index (χ3n) is 3.38. The molecule has 11 heteroatoms. The largest absolute Gasteiger partial charge is 0.421 e.